The molecule has 0 aliphatic carbocycles. The molecule has 0 saturated heterocycles. The quantitative estimate of drug-likeness (QED) is 0.479. The zero-order chi connectivity index (χ0) is 24.3. The molecule has 3 aromatic rings. The van der Waals surface area contributed by atoms with Gasteiger partial charge in [0.2, 0.25) is 5.91 Å². The lowest BCUT2D eigenvalue weighted by Crippen LogP contribution is -2.26. The first-order chi connectivity index (χ1) is 15.6. The summed E-state index contributed by atoms with van der Waals surface area (Å²) >= 11 is 1.06. The number of nitrogens with zero attached hydrogens (tertiary/aromatic N) is 2. The van der Waals surface area contributed by atoms with E-state index in [2.05, 4.69) is 10.4 Å². The van der Waals surface area contributed by atoms with Gasteiger partial charge < -0.3 is 10.1 Å². The van der Waals surface area contributed by atoms with E-state index in [4.69, 9.17) is 4.74 Å². The fourth-order valence-corrected chi connectivity index (χ4v) is 4.27. The Kier molecular flexibility index (Phi) is 7.21. The zero-order valence-electron chi connectivity index (χ0n) is 18.2. The monoisotopic (exact) mass is 481 g/mol. The second kappa shape index (κ2) is 9.74. The van der Waals surface area contributed by atoms with E-state index in [0.29, 0.717) is 12.8 Å². The van der Waals surface area contributed by atoms with E-state index in [1.54, 1.807) is 6.92 Å². The molecule has 0 saturated carbocycles. The Bertz CT molecular complexity index is 1230. The summed E-state index contributed by atoms with van der Waals surface area (Å²) in [5.74, 6) is -1.32. The summed E-state index contributed by atoms with van der Waals surface area (Å²) in [6, 6.07) is 3.82. The standard InChI is InChI=1S/C22H22F3N3O4S/c1-4-12(5-2)18(29)26-19-16-15(11-33-19)17(21(31)32-6-3)27-28(20(16)30)14-9-7-13(8-10-14)22(23,24)25/h7-12H,4-6H2,1-3H3,(H,26,29). The Morgan fingerprint density at radius 3 is 2.33 bits per heavy atom. The van der Waals surface area contributed by atoms with Crippen LogP contribution >= 0.6 is 11.3 Å². The molecule has 3 rings (SSSR count). The zero-order valence-corrected chi connectivity index (χ0v) is 19.0. The number of nitrogens with one attached hydrogen (secondary N) is 1. The smallest absolute Gasteiger partial charge is 0.416 e. The van der Waals surface area contributed by atoms with Crippen molar-refractivity contribution < 1.29 is 27.5 Å². The van der Waals surface area contributed by atoms with Gasteiger partial charge in [0, 0.05) is 16.7 Å². The number of carbonyl (C=O) groups is 2. The molecular weight excluding hydrogens is 459 g/mol. The van der Waals surface area contributed by atoms with Crippen molar-refractivity contribution in [3.05, 3.63) is 51.3 Å². The van der Waals surface area contributed by atoms with Gasteiger partial charge in [0.25, 0.3) is 5.56 Å². The first-order valence-electron chi connectivity index (χ1n) is 10.3. The minimum absolute atomic E-state index is 0.0314. The van der Waals surface area contributed by atoms with Gasteiger partial charge in [-0.05, 0) is 44.0 Å². The molecule has 0 radical (unpaired) electrons. The maximum atomic E-state index is 13.3. The third-order valence-electron chi connectivity index (χ3n) is 5.15. The maximum absolute atomic E-state index is 13.3. The SMILES string of the molecule is CCOC(=O)c1nn(-c2ccc(C(F)(F)F)cc2)c(=O)c2c(NC(=O)C(CC)CC)scc12. The number of halogens is 3. The highest BCUT2D eigenvalue weighted by atomic mass is 32.1. The Labute approximate surface area is 191 Å². The number of fused-ring (bicyclic) bond motifs is 1. The van der Waals surface area contributed by atoms with Crippen LogP contribution in [0.25, 0.3) is 16.5 Å². The Hall–Kier alpha value is -3.21. The van der Waals surface area contributed by atoms with Gasteiger partial charge >= 0.3 is 12.1 Å². The maximum Gasteiger partial charge on any atom is 0.416 e. The number of ether oxygens (including phenoxy) is 1. The van der Waals surface area contributed by atoms with E-state index in [9.17, 15) is 27.6 Å². The van der Waals surface area contributed by atoms with E-state index in [1.807, 2.05) is 13.8 Å². The third-order valence-corrected chi connectivity index (χ3v) is 6.05. The molecule has 0 atom stereocenters. The highest BCUT2D eigenvalue weighted by Gasteiger charge is 2.30. The average molecular weight is 481 g/mol. The summed E-state index contributed by atoms with van der Waals surface area (Å²) < 4.78 is 44.7. The minimum atomic E-state index is -4.54. The predicted molar refractivity (Wildman–Crippen MR) is 119 cm³/mol. The molecule has 0 aliphatic rings. The van der Waals surface area contributed by atoms with Crippen LogP contribution in [0.15, 0.2) is 34.4 Å². The molecule has 0 fully saturated rings. The summed E-state index contributed by atoms with van der Waals surface area (Å²) in [4.78, 5) is 38.4. The van der Waals surface area contributed by atoms with Gasteiger partial charge in [0.15, 0.2) is 5.69 Å². The second-order valence-electron chi connectivity index (χ2n) is 7.19. The van der Waals surface area contributed by atoms with Crippen LogP contribution in [0.1, 0.15) is 49.7 Å². The van der Waals surface area contributed by atoms with Crippen LogP contribution in [0.5, 0.6) is 0 Å². The number of benzene rings is 1. The molecule has 0 aliphatic heterocycles. The molecule has 0 spiro atoms. The number of carbonyl (C=O) groups excluding carboxylic acids is 2. The van der Waals surface area contributed by atoms with Gasteiger partial charge in [-0.1, -0.05) is 13.8 Å². The molecule has 1 amide bonds. The highest BCUT2D eigenvalue weighted by molar-refractivity contribution is 7.16. The van der Waals surface area contributed by atoms with Gasteiger partial charge in [0.05, 0.1) is 23.2 Å². The fourth-order valence-electron chi connectivity index (χ4n) is 3.33. The lowest BCUT2D eigenvalue weighted by atomic mass is 10.0. The van der Waals surface area contributed by atoms with Crippen molar-refractivity contribution in [2.75, 3.05) is 11.9 Å². The Morgan fingerprint density at radius 2 is 1.79 bits per heavy atom. The predicted octanol–water partition coefficient (Wildman–Crippen LogP) is 5.02. The summed E-state index contributed by atoms with van der Waals surface area (Å²) in [6.45, 7) is 5.42. The number of hydrogen-bond acceptors (Lipinski definition) is 6. The van der Waals surface area contributed by atoms with Crippen LogP contribution in [0.4, 0.5) is 18.2 Å². The molecule has 33 heavy (non-hydrogen) atoms. The Morgan fingerprint density at radius 1 is 1.15 bits per heavy atom. The fraction of sp³-hybridized carbons (Fsp3) is 0.364. The molecule has 0 bridgehead atoms. The summed E-state index contributed by atoms with van der Waals surface area (Å²) in [7, 11) is 0. The molecule has 0 unspecified atom stereocenters. The van der Waals surface area contributed by atoms with Gasteiger partial charge in [-0.3, -0.25) is 9.59 Å². The van der Waals surface area contributed by atoms with Crippen molar-refractivity contribution in [3.8, 4) is 5.69 Å². The number of esters is 1. The van der Waals surface area contributed by atoms with E-state index >= 15 is 0 Å². The van der Waals surface area contributed by atoms with Gasteiger partial charge in [0.1, 0.15) is 5.00 Å². The average Bonchev–Trinajstić information content (AvgIpc) is 3.18. The van der Waals surface area contributed by atoms with E-state index in [1.165, 1.54) is 5.38 Å². The van der Waals surface area contributed by atoms with Gasteiger partial charge in [-0.25, -0.2) is 4.79 Å². The molecule has 7 nitrogen and oxygen atoms in total. The third kappa shape index (κ3) is 4.92. The molecule has 1 aromatic carbocycles. The first kappa shape index (κ1) is 24.4. The number of amides is 1. The molecule has 1 N–H and O–H groups in total. The van der Waals surface area contributed by atoms with E-state index in [0.717, 1.165) is 40.3 Å². The lowest BCUT2D eigenvalue weighted by molar-refractivity contribution is -0.137. The molecule has 176 valence electrons. The molecule has 2 aromatic heterocycles. The van der Waals surface area contributed by atoms with Gasteiger partial charge in [-0.2, -0.15) is 23.0 Å². The van der Waals surface area contributed by atoms with Crippen LogP contribution < -0.4 is 10.9 Å². The van der Waals surface area contributed by atoms with Crippen molar-refractivity contribution in [2.45, 2.75) is 39.8 Å². The van der Waals surface area contributed by atoms with Crippen LogP contribution in [-0.2, 0) is 15.7 Å². The van der Waals surface area contributed by atoms with E-state index in [-0.39, 0.29) is 45.6 Å². The summed E-state index contributed by atoms with van der Waals surface area (Å²) in [6.07, 6.45) is -3.33. The number of rotatable bonds is 7. The van der Waals surface area contributed by atoms with Crippen LogP contribution in [0.3, 0.4) is 0 Å². The van der Waals surface area contributed by atoms with Crippen molar-refractivity contribution >= 4 is 39.0 Å². The number of thiophene rings is 1. The number of hydrogen-bond donors (Lipinski definition) is 1. The number of alkyl halides is 3. The molecule has 2 heterocycles. The lowest BCUT2D eigenvalue weighted by Gasteiger charge is -2.13. The van der Waals surface area contributed by atoms with Crippen LogP contribution in [-0.4, -0.2) is 28.3 Å². The van der Waals surface area contributed by atoms with Crippen molar-refractivity contribution in [2.24, 2.45) is 5.92 Å². The second-order valence-corrected chi connectivity index (χ2v) is 8.07. The minimum Gasteiger partial charge on any atom is -0.461 e. The summed E-state index contributed by atoms with van der Waals surface area (Å²) in [5.41, 5.74) is -1.71. The van der Waals surface area contributed by atoms with Gasteiger partial charge in [-0.15, -0.1) is 11.3 Å². The van der Waals surface area contributed by atoms with Crippen LogP contribution in [0.2, 0.25) is 0 Å². The first-order valence-corrected chi connectivity index (χ1v) is 11.2. The summed E-state index contributed by atoms with van der Waals surface area (Å²) in [5, 5.41) is 8.83. The number of anilines is 1. The van der Waals surface area contributed by atoms with Crippen molar-refractivity contribution in [1.82, 2.24) is 9.78 Å². The van der Waals surface area contributed by atoms with E-state index < -0.39 is 23.3 Å². The molecule has 11 heteroatoms. The topological polar surface area (TPSA) is 90.3 Å². The normalized spacial score (nSPS) is 11.7. The number of aromatic nitrogens is 2. The molecular formula is C22H22F3N3O4S. The Balaban J connectivity index is 2.20. The largest absolute Gasteiger partial charge is 0.461 e. The van der Waals surface area contributed by atoms with Crippen LogP contribution in [0, 0.1) is 5.92 Å². The highest BCUT2D eigenvalue weighted by Crippen LogP contribution is 2.32. The van der Waals surface area contributed by atoms with Crippen molar-refractivity contribution in [3.63, 3.8) is 0 Å². The van der Waals surface area contributed by atoms with Crippen molar-refractivity contribution in [1.29, 1.82) is 0 Å².